The van der Waals surface area contributed by atoms with Crippen molar-refractivity contribution >= 4 is 34.8 Å². The average molecular weight is 290 g/mol. The summed E-state index contributed by atoms with van der Waals surface area (Å²) in [5, 5.41) is 17.1. The van der Waals surface area contributed by atoms with Crippen LogP contribution in [0.4, 0.5) is 11.6 Å². The molecule has 0 radical (unpaired) electrons. The van der Waals surface area contributed by atoms with Gasteiger partial charge in [0.25, 0.3) is 0 Å². The van der Waals surface area contributed by atoms with Crippen LogP contribution in [-0.2, 0) is 0 Å². The van der Waals surface area contributed by atoms with Crippen LogP contribution in [0.25, 0.3) is 0 Å². The van der Waals surface area contributed by atoms with E-state index in [1.54, 1.807) is 6.07 Å². The highest BCUT2D eigenvalue weighted by molar-refractivity contribution is 6.37. The third-order valence-corrected chi connectivity index (χ3v) is 3.72. The lowest BCUT2D eigenvalue weighted by atomic mass is 9.80. The van der Waals surface area contributed by atoms with Crippen LogP contribution in [0.2, 0.25) is 10.0 Å². The zero-order chi connectivity index (χ0) is 13.2. The summed E-state index contributed by atoms with van der Waals surface area (Å²) in [6.07, 6.45) is 2.72. The minimum atomic E-state index is -0.608. The van der Waals surface area contributed by atoms with Gasteiger partial charge in [0.1, 0.15) is 11.6 Å². The van der Waals surface area contributed by atoms with Gasteiger partial charge in [-0.05, 0) is 32.3 Å². The van der Waals surface area contributed by atoms with Gasteiger partial charge < -0.3 is 15.7 Å². The van der Waals surface area contributed by atoms with Crippen LogP contribution < -0.4 is 10.6 Å². The third kappa shape index (κ3) is 2.99. The summed E-state index contributed by atoms with van der Waals surface area (Å²) >= 11 is 12.1. The van der Waals surface area contributed by atoms with Gasteiger partial charge in [-0.1, -0.05) is 23.2 Å². The maximum atomic E-state index is 10.0. The Kier molecular flexibility index (Phi) is 4.20. The Morgan fingerprint density at radius 1 is 1.28 bits per heavy atom. The number of hydrogen-bond donors (Lipinski definition) is 3. The molecule has 6 heteroatoms. The van der Waals surface area contributed by atoms with Crippen LogP contribution in [-0.4, -0.2) is 28.8 Å². The van der Waals surface area contributed by atoms with Gasteiger partial charge in [0.15, 0.2) is 0 Å². The van der Waals surface area contributed by atoms with Crippen molar-refractivity contribution in [2.75, 3.05) is 23.7 Å². The summed E-state index contributed by atoms with van der Waals surface area (Å²) in [5.74, 6) is 1.16. The summed E-state index contributed by atoms with van der Waals surface area (Å²) in [6.45, 7) is 3.17. The van der Waals surface area contributed by atoms with E-state index in [1.165, 1.54) is 0 Å². The van der Waals surface area contributed by atoms with Crippen LogP contribution in [0, 0.1) is 0 Å². The van der Waals surface area contributed by atoms with E-state index in [-0.39, 0.29) is 0 Å². The Morgan fingerprint density at radius 2 is 1.89 bits per heavy atom. The number of halogens is 2. The summed E-state index contributed by atoms with van der Waals surface area (Å²) in [5.41, 5.74) is -0.608. The van der Waals surface area contributed by atoms with Gasteiger partial charge in [-0.3, -0.25) is 0 Å². The molecule has 100 valence electrons. The third-order valence-electron chi connectivity index (χ3n) is 3.14. The second kappa shape index (κ2) is 5.51. The molecule has 1 aliphatic rings. The summed E-state index contributed by atoms with van der Waals surface area (Å²) in [6, 6.07) is 1.65. The van der Waals surface area contributed by atoms with Gasteiger partial charge in [-0.15, -0.1) is 0 Å². The van der Waals surface area contributed by atoms with Crippen molar-refractivity contribution in [3.05, 3.63) is 16.1 Å². The molecule has 1 aromatic heterocycles. The van der Waals surface area contributed by atoms with Crippen LogP contribution in [0.5, 0.6) is 0 Å². The molecule has 0 aromatic carbocycles. The molecule has 0 amide bonds. The first-order valence-corrected chi connectivity index (χ1v) is 6.86. The monoisotopic (exact) mass is 289 g/mol. The van der Waals surface area contributed by atoms with E-state index in [0.29, 0.717) is 28.2 Å². The van der Waals surface area contributed by atoms with Crippen molar-refractivity contribution in [2.45, 2.75) is 31.8 Å². The van der Waals surface area contributed by atoms with E-state index < -0.39 is 5.60 Å². The number of aromatic nitrogens is 1. The second-order valence-electron chi connectivity index (χ2n) is 4.61. The molecule has 2 rings (SSSR count). The number of aliphatic hydroxyl groups is 1. The lowest BCUT2D eigenvalue weighted by molar-refractivity contribution is -0.0202. The standard InChI is InChI=1S/C12H17Cl2N3O/c1-2-15-10-8(13)6-9(14)11(17-10)16-7-12(18)4-3-5-12/h6,18H,2-5,7H2,1H3,(H2,15,16,17). The lowest BCUT2D eigenvalue weighted by Gasteiger charge is -2.36. The molecule has 1 saturated carbocycles. The first kappa shape index (κ1) is 13.7. The number of pyridine rings is 1. The zero-order valence-electron chi connectivity index (χ0n) is 10.3. The molecule has 0 aliphatic heterocycles. The predicted octanol–water partition coefficient (Wildman–Crippen LogP) is 3.15. The number of nitrogens with zero attached hydrogens (tertiary/aromatic N) is 1. The number of hydrogen-bond acceptors (Lipinski definition) is 4. The molecule has 0 atom stereocenters. The first-order valence-electron chi connectivity index (χ1n) is 6.10. The largest absolute Gasteiger partial charge is 0.388 e. The maximum Gasteiger partial charge on any atom is 0.147 e. The van der Waals surface area contributed by atoms with E-state index in [1.807, 2.05) is 6.92 Å². The number of anilines is 2. The molecule has 1 heterocycles. The van der Waals surface area contributed by atoms with Gasteiger partial charge in [0, 0.05) is 13.1 Å². The zero-order valence-corrected chi connectivity index (χ0v) is 11.8. The van der Waals surface area contributed by atoms with Gasteiger partial charge in [0.2, 0.25) is 0 Å². The molecule has 18 heavy (non-hydrogen) atoms. The Labute approximate surface area is 117 Å². The molecule has 1 aromatic rings. The Balaban J connectivity index is 2.08. The molecule has 1 fully saturated rings. The molecule has 0 saturated heterocycles. The fourth-order valence-electron chi connectivity index (χ4n) is 1.89. The lowest BCUT2D eigenvalue weighted by Crippen LogP contribution is -2.43. The summed E-state index contributed by atoms with van der Waals surface area (Å²) in [7, 11) is 0. The van der Waals surface area contributed by atoms with Crippen molar-refractivity contribution in [2.24, 2.45) is 0 Å². The Bertz CT molecular complexity index is 436. The van der Waals surface area contributed by atoms with Gasteiger partial charge in [-0.25, -0.2) is 4.98 Å². The molecule has 1 aliphatic carbocycles. The van der Waals surface area contributed by atoms with E-state index in [0.717, 1.165) is 25.8 Å². The topological polar surface area (TPSA) is 57.2 Å². The predicted molar refractivity (Wildman–Crippen MR) is 75.7 cm³/mol. The average Bonchev–Trinajstić information content (AvgIpc) is 2.29. The highest BCUT2D eigenvalue weighted by atomic mass is 35.5. The highest BCUT2D eigenvalue weighted by Gasteiger charge is 2.34. The number of nitrogens with one attached hydrogen (secondary N) is 2. The van der Waals surface area contributed by atoms with Gasteiger partial charge in [-0.2, -0.15) is 0 Å². The second-order valence-corrected chi connectivity index (χ2v) is 5.43. The van der Waals surface area contributed by atoms with Crippen LogP contribution >= 0.6 is 23.2 Å². The maximum absolute atomic E-state index is 10.0. The first-order chi connectivity index (χ1) is 8.54. The van der Waals surface area contributed by atoms with Crippen molar-refractivity contribution in [1.29, 1.82) is 0 Å². The minimum absolute atomic E-state index is 0.463. The molecule has 3 N–H and O–H groups in total. The van der Waals surface area contributed by atoms with E-state index in [2.05, 4.69) is 15.6 Å². The van der Waals surface area contributed by atoms with Gasteiger partial charge >= 0.3 is 0 Å². The molecule has 4 nitrogen and oxygen atoms in total. The van der Waals surface area contributed by atoms with Crippen LogP contribution in [0.15, 0.2) is 6.07 Å². The Morgan fingerprint density at radius 3 is 2.39 bits per heavy atom. The Hall–Kier alpha value is -0.710. The van der Waals surface area contributed by atoms with Crippen molar-refractivity contribution in [1.82, 2.24) is 4.98 Å². The van der Waals surface area contributed by atoms with E-state index >= 15 is 0 Å². The van der Waals surface area contributed by atoms with Crippen LogP contribution in [0.1, 0.15) is 26.2 Å². The quantitative estimate of drug-likeness (QED) is 0.779. The fraction of sp³-hybridized carbons (Fsp3) is 0.583. The van der Waals surface area contributed by atoms with E-state index in [4.69, 9.17) is 23.2 Å². The normalized spacial score (nSPS) is 17.1. The fourth-order valence-corrected chi connectivity index (χ4v) is 2.38. The van der Waals surface area contributed by atoms with Gasteiger partial charge in [0.05, 0.1) is 15.6 Å². The molecular formula is C12H17Cl2N3O. The molecule has 0 unspecified atom stereocenters. The number of rotatable bonds is 5. The highest BCUT2D eigenvalue weighted by Crippen LogP contribution is 2.33. The van der Waals surface area contributed by atoms with E-state index in [9.17, 15) is 5.11 Å². The molecule has 0 bridgehead atoms. The SMILES string of the molecule is CCNc1nc(NCC2(O)CCC2)c(Cl)cc1Cl. The van der Waals surface area contributed by atoms with Crippen LogP contribution in [0.3, 0.4) is 0 Å². The smallest absolute Gasteiger partial charge is 0.147 e. The summed E-state index contributed by atoms with van der Waals surface area (Å²) in [4.78, 5) is 4.33. The molecular weight excluding hydrogens is 273 g/mol. The van der Waals surface area contributed by atoms with Crippen molar-refractivity contribution < 1.29 is 5.11 Å². The van der Waals surface area contributed by atoms with Crippen molar-refractivity contribution in [3.63, 3.8) is 0 Å². The summed E-state index contributed by atoms with van der Waals surface area (Å²) < 4.78 is 0. The minimum Gasteiger partial charge on any atom is -0.388 e. The van der Waals surface area contributed by atoms with Crippen molar-refractivity contribution in [3.8, 4) is 0 Å². The molecule has 0 spiro atoms.